The van der Waals surface area contributed by atoms with E-state index in [9.17, 15) is 18.5 Å². The first-order valence-corrected chi connectivity index (χ1v) is 11.2. The highest BCUT2D eigenvalue weighted by Crippen LogP contribution is 2.26. The summed E-state index contributed by atoms with van der Waals surface area (Å²) < 4.78 is 27.5. The Morgan fingerprint density at radius 2 is 1.72 bits per heavy atom. The summed E-state index contributed by atoms with van der Waals surface area (Å²) in [5.41, 5.74) is 2.85. The van der Waals surface area contributed by atoms with Crippen LogP contribution in [0.5, 0.6) is 0 Å². The fourth-order valence-electron chi connectivity index (χ4n) is 3.60. The minimum atomic E-state index is -3.55. The summed E-state index contributed by atoms with van der Waals surface area (Å²) in [5.74, 6) is -0.0771. The lowest BCUT2D eigenvalue weighted by Crippen LogP contribution is -2.49. The normalized spacial score (nSPS) is 15.1. The molecular formula is C22H25N3O3S. The average molecular weight is 412 g/mol. The van der Waals surface area contributed by atoms with Gasteiger partial charge in [-0.15, -0.1) is 0 Å². The number of nitriles is 1. The van der Waals surface area contributed by atoms with E-state index in [1.165, 1.54) is 11.2 Å². The Bertz CT molecular complexity index is 1030. The van der Waals surface area contributed by atoms with Crippen LogP contribution in [-0.2, 0) is 16.4 Å². The number of sulfonamides is 1. The molecule has 1 fully saturated rings. The predicted octanol–water partition coefficient (Wildman–Crippen LogP) is 3.22. The quantitative estimate of drug-likeness (QED) is 0.682. The van der Waals surface area contributed by atoms with Crippen molar-refractivity contribution in [2.24, 2.45) is 0 Å². The van der Waals surface area contributed by atoms with Crippen molar-refractivity contribution in [2.75, 3.05) is 31.1 Å². The smallest absolute Gasteiger partial charge is 0.243 e. The van der Waals surface area contributed by atoms with Gasteiger partial charge in [-0.1, -0.05) is 25.5 Å². The molecule has 29 heavy (non-hydrogen) atoms. The molecule has 1 saturated heterocycles. The first kappa shape index (κ1) is 21.0. The lowest BCUT2D eigenvalue weighted by Gasteiger charge is -2.36. The number of nitrogens with zero attached hydrogens (tertiary/aromatic N) is 3. The molecule has 152 valence electrons. The SMILES string of the molecule is CCCc1ccc(S(=O)(=O)N2CCN(c3cc(C#N)ccc3C(C)=O)CC2)cc1. The zero-order valence-electron chi connectivity index (χ0n) is 16.8. The van der Waals surface area contributed by atoms with Crippen molar-refractivity contribution in [3.63, 3.8) is 0 Å². The molecule has 6 nitrogen and oxygen atoms in total. The van der Waals surface area contributed by atoms with E-state index in [2.05, 4.69) is 13.0 Å². The molecule has 0 aromatic heterocycles. The Balaban J connectivity index is 1.77. The van der Waals surface area contributed by atoms with Gasteiger partial charge in [-0.25, -0.2) is 8.42 Å². The number of carbonyl (C=O) groups excluding carboxylic acids is 1. The second kappa shape index (κ2) is 8.76. The summed E-state index contributed by atoms with van der Waals surface area (Å²) in [6.07, 6.45) is 1.95. The van der Waals surface area contributed by atoms with Crippen LogP contribution in [0.25, 0.3) is 0 Å². The number of Topliss-reactive ketones (excluding diaryl/α,β-unsaturated/α-hetero) is 1. The highest BCUT2D eigenvalue weighted by molar-refractivity contribution is 7.89. The van der Waals surface area contributed by atoms with Crippen molar-refractivity contribution in [3.05, 3.63) is 59.2 Å². The lowest BCUT2D eigenvalue weighted by molar-refractivity contribution is 0.101. The van der Waals surface area contributed by atoms with Gasteiger partial charge in [0.05, 0.1) is 16.5 Å². The Hall–Kier alpha value is -2.69. The summed E-state index contributed by atoms with van der Waals surface area (Å²) in [6, 6.07) is 14.2. The number of rotatable bonds is 6. The average Bonchev–Trinajstić information content (AvgIpc) is 2.74. The van der Waals surface area contributed by atoms with E-state index in [4.69, 9.17) is 0 Å². The number of piperazine rings is 1. The zero-order valence-corrected chi connectivity index (χ0v) is 17.6. The molecule has 0 N–H and O–H groups in total. The van der Waals surface area contributed by atoms with Gasteiger partial charge in [-0.3, -0.25) is 4.79 Å². The molecule has 0 spiro atoms. The van der Waals surface area contributed by atoms with Gasteiger partial charge in [-0.05, 0) is 49.2 Å². The van der Waals surface area contributed by atoms with Crippen LogP contribution < -0.4 is 4.90 Å². The van der Waals surface area contributed by atoms with Crippen LogP contribution in [-0.4, -0.2) is 44.7 Å². The maximum Gasteiger partial charge on any atom is 0.243 e. The minimum Gasteiger partial charge on any atom is -0.368 e. The molecule has 0 atom stereocenters. The molecular weight excluding hydrogens is 386 g/mol. The molecule has 0 aliphatic carbocycles. The van der Waals surface area contributed by atoms with E-state index < -0.39 is 10.0 Å². The van der Waals surface area contributed by atoms with Crippen LogP contribution in [0.15, 0.2) is 47.4 Å². The number of hydrogen-bond donors (Lipinski definition) is 0. The monoisotopic (exact) mass is 411 g/mol. The topological polar surface area (TPSA) is 81.5 Å². The van der Waals surface area contributed by atoms with Crippen molar-refractivity contribution in [1.29, 1.82) is 5.26 Å². The van der Waals surface area contributed by atoms with E-state index in [-0.39, 0.29) is 5.78 Å². The zero-order chi connectivity index (χ0) is 21.0. The lowest BCUT2D eigenvalue weighted by atomic mass is 10.0. The second-order valence-electron chi connectivity index (χ2n) is 7.19. The van der Waals surface area contributed by atoms with Gasteiger partial charge in [0.15, 0.2) is 5.78 Å². The van der Waals surface area contributed by atoms with Crippen molar-refractivity contribution in [1.82, 2.24) is 4.31 Å². The molecule has 1 aliphatic heterocycles. The third kappa shape index (κ3) is 4.50. The molecule has 0 amide bonds. The number of ketones is 1. The fraction of sp³-hybridized carbons (Fsp3) is 0.364. The van der Waals surface area contributed by atoms with Crippen molar-refractivity contribution in [3.8, 4) is 6.07 Å². The first-order valence-electron chi connectivity index (χ1n) is 9.76. The maximum atomic E-state index is 13.0. The molecule has 2 aromatic rings. The molecule has 1 heterocycles. The Morgan fingerprint density at radius 3 is 2.28 bits per heavy atom. The Kier molecular flexibility index (Phi) is 6.36. The standard InChI is InChI=1S/C22H25N3O3S/c1-3-4-18-5-8-20(9-6-18)29(27,28)25-13-11-24(12-14-25)22-15-19(16-23)7-10-21(22)17(2)26/h5-10,15H,3-4,11-14H2,1-2H3. The molecule has 1 aliphatic rings. The van der Waals surface area contributed by atoms with Gasteiger partial charge < -0.3 is 4.90 Å². The van der Waals surface area contributed by atoms with Crippen LogP contribution in [0.2, 0.25) is 0 Å². The third-order valence-corrected chi connectivity index (χ3v) is 7.10. The van der Waals surface area contributed by atoms with E-state index >= 15 is 0 Å². The second-order valence-corrected chi connectivity index (χ2v) is 9.12. The summed E-state index contributed by atoms with van der Waals surface area (Å²) in [7, 11) is -3.55. The Morgan fingerprint density at radius 1 is 1.07 bits per heavy atom. The van der Waals surface area contributed by atoms with Crippen LogP contribution in [0.4, 0.5) is 5.69 Å². The molecule has 0 bridgehead atoms. The van der Waals surface area contributed by atoms with Gasteiger partial charge >= 0.3 is 0 Å². The molecule has 7 heteroatoms. The van der Waals surface area contributed by atoms with Crippen molar-refractivity contribution >= 4 is 21.5 Å². The van der Waals surface area contributed by atoms with Crippen LogP contribution in [0.3, 0.4) is 0 Å². The van der Waals surface area contributed by atoms with Gasteiger partial charge in [-0.2, -0.15) is 9.57 Å². The molecule has 0 saturated carbocycles. The number of hydrogen-bond acceptors (Lipinski definition) is 5. The van der Waals surface area contributed by atoms with Gasteiger partial charge in [0.25, 0.3) is 0 Å². The highest BCUT2D eigenvalue weighted by atomic mass is 32.2. The molecule has 3 rings (SSSR count). The van der Waals surface area contributed by atoms with E-state index in [0.717, 1.165) is 18.4 Å². The summed E-state index contributed by atoms with van der Waals surface area (Å²) in [6.45, 7) is 5.16. The van der Waals surface area contributed by atoms with Gasteiger partial charge in [0.1, 0.15) is 0 Å². The number of benzene rings is 2. The van der Waals surface area contributed by atoms with E-state index in [1.807, 2.05) is 17.0 Å². The number of anilines is 1. The molecule has 0 radical (unpaired) electrons. The summed E-state index contributed by atoms with van der Waals surface area (Å²) >= 11 is 0. The predicted molar refractivity (Wildman–Crippen MR) is 113 cm³/mol. The minimum absolute atomic E-state index is 0.0771. The van der Waals surface area contributed by atoms with Crippen LogP contribution >= 0.6 is 0 Å². The number of aryl methyl sites for hydroxylation is 1. The van der Waals surface area contributed by atoms with Crippen LogP contribution in [0.1, 0.15) is 41.8 Å². The third-order valence-electron chi connectivity index (χ3n) is 5.19. The fourth-order valence-corrected chi connectivity index (χ4v) is 5.02. The van der Waals surface area contributed by atoms with Gasteiger partial charge in [0, 0.05) is 37.4 Å². The maximum absolute atomic E-state index is 13.0. The highest BCUT2D eigenvalue weighted by Gasteiger charge is 2.29. The Labute approximate surface area is 172 Å². The molecule has 0 unspecified atom stereocenters. The van der Waals surface area contributed by atoms with Crippen molar-refractivity contribution in [2.45, 2.75) is 31.6 Å². The van der Waals surface area contributed by atoms with E-state index in [0.29, 0.717) is 47.9 Å². The van der Waals surface area contributed by atoms with Crippen LogP contribution in [0, 0.1) is 11.3 Å². The van der Waals surface area contributed by atoms with Crippen molar-refractivity contribution < 1.29 is 13.2 Å². The summed E-state index contributed by atoms with van der Waals surface area (Å²) in [4.78, 5) is 14.3. The van der Waals surface area contributed by atoms with E-state index in [1.54, 1.807) is 30.3 Å². The van der Waals surface area contributed by atoms with Gasteiger partial charge in [0.2, 0.25) is 10.0 Å². The summed E-state index contributed by atoms with van der Waals surface area (Å²) in [5, 5.41) is 9.18. The largest absolute Gasteiger partial charge is 0.368 e. The molecule has 2 aromatic carbocycles. The number of carbonyl (C=O) groups is 1. The first-order chi connectivity index (χ1) is 13.9.